The zero-order valence-electron chi connectivity index (χ0n) is 16.2. The highest BCUT2D eigenvalue weighted by atomic mass is 19.4. The zero-order chi connectivity index (χ0) is 21.4. The average molecular weight is 417 g/mol. The van der Waals surface area contributed by atoms with Crippen LogP contribution in [0.25, 0.3) is 0 Å². The number of urea groups is 1. The van der Waals surface area contributed by atoms with Gasteiger partial charge in [-0.15, -0.1) is 0 Å². The number of benzene rings is 2. The summed E-state index contributed by atoms with van der Waals surface area (Å²) in [6.07, 6.45) is -1.08. The van der Waals surface area contributed by atoms with Gasteiger partial charge in [0.2, 0.25) is 5.91 Å². The molecule has 0 aliphatic heterocycles. The minimum absolute atomic E-state index is 0.0880. The van der Waals surface area contributed by atoms with Gasteiger partial charge in [0.05, 0.1) is 23.1 Å². The third kappa shape index (κ3) is 4.27. The van der Waals surface area contributed by atoms with Crippen LogP contribution in [0.4, 0.5) is 23.7 Å². The van der Waals surface area contributed by atoms with Gasteiger partial charge in [0, 0.05) is 5.69 Å². The van der Waals surface area contributed by atoms with Crippen molar-refractivity contribution in [1.82, 2.24) is 10.6 Å². The molecule has 0 saturated heterocycles. The first kappa shape index (κ1) is 20.3. The average Bonchev–Trinajstić information content (AvgIpc) is 3.60. The molecule has 2 aromatic rings. The number of amides is 3. The van der Waals surface area contributed by atoms with Gasteiger partial charge in [-0.25, -0.2) is 4.79 Å². The van der Waals surface area contributed by atoms with Crippen molar-refractivity contribution in [2.24, 2.45) is 0 Å². The SMILES string of the molecule is O=C(Cc1ccccc1)NC1(C2(NC(=O)Nc3ccc(C(F)(F)F)cc3)CC2)CC1. The van der Waals surface area contributed by atoms with Gasteiger partial charge in [-0.1, -0.05) is 30.3 Å². The molecule has 2 aliphatic carbocycles. The van der Waals surface area contributed by atoms with Gasteiger partial charge in [0.1, 0.15) is 0 Å². The van der Waals surface area contributed by atoms with E-state index < -0.39 is 28.8 Å². The van der Waals surface area contributed by atoms with Crippen LogP contribution in [0.2, 0.25) is 0 Å². The number of nitrogens with one attached hydrogen (secondary N) is 3. The Morgan fingerprint density at radius 2 is 1.40 bits per heavy atom. The van der Waals surface area contributed by atoms with Crippen molar-refractivity contribution in [2.75, 3.05) is 5.32 Å². The van der Waals surface area contributed by atoms with Crippen molar-refractivity contribution in [3.63, 3.8) is 0 Å². The van der Waals surface area contributed by atoms with Crippen LogP contribution in [0.5, 0.6) is 0 Å². The lowest BCUT2D eigenvalue weighted by molar-refractivity contribution is -0.137. The molecule has 0 radical (unpaired) electrons. The fourth-order valence-corrected chi connectivity index (χ4v) is 3.91. The molecule has 2 saturated carbocycles. The number of anilines is 1. The highest BCUT2D eigenvalue weighted by Gasteiger charge is 2.67. The predicted octanol–water partition coefficient (Wildman–Crippen LogP) is 4.25. The molecular formula is C22H22F3N3O2. The molecule has 0 atom stereocenters. The summed E-state index contributed by atoms with van der Waals surface area (Å²) < 4.78 is 38.0. The van der Waals surface area contributed by atoms with Crippen LogP contribution in [0.15, 0.2) is 54.6 Å². The smallest absolute Gasteiger partial charge is 0.348 e. The lowest BCUT2D eigenvalue weighted by atomic mass is 10.0. The third-order valence-corrected chi connectivity index (χ3v) is 5.83. The summed E-state index contributed by atoms with van der Waals surface area (Å²) in [6, 6.07) is 13.2. The Morgan fingerprint density at radius 1 is 0.833 bits per heavy atom. The highest BCUT2D eigenvalue weighted by Crippen LogP contribution is 2.57. The second-order valence-corrected chi connectivity index (χ2v) is 8.03. The van der Waals surface area contributed by atoms with Crippen LogP contribution in [0, 0.1) is 0 Å². The molecule has 8 heteroatoms. The van der Waals surface area contributed by atoms with E-state index in [1.165, 1.54) is 12.1 Å². The summed E-state index contributed by atoms with van der Waals surface area (Å²) in [6.45, 7) is 0. The van der Waals surface area contributed by atoms with Crippen molar-refractivity contribution in [3.8, 4) is 0 Å². The number of carbonyl (C=O) groups excluding carboxylic acids is 2. The Bertz CT molecular complexity index is 934. The molecule has 5 nitrogen and oxygen atoms in total. The Morgan fingerprint density at radius 3 is 1.93 bits per heavy atom. The molecule has 30 heavy (non-hydrogen) atoms. The van der Waals surface area contributed by atoms with E-state index in [1.807, 2.05) is 30.3 Å². The molecule has 3 N–H and O–H groups in total. The van der Waals surface area contributed by atoms with Crippen LogP contribution in [-0.2, 0) is 17.4 Å². The maximum Gasteiger partial charge on any atom is 0.416 e. The maximum atomic E-state index is 12.7. The number of carbonyl (C=O) groups is 2. The molecule has 0 spiro atoms. The molecule has 2 aromatic carbocycles. The summed E-state index contributed by atoms with van der Waals surface area (Å²) in [5.74, 6) is -0.0880. The first-order valence-corrected chi connectivity index (χ1v) is 9.83. The minimum atomic E-state index is -4.42. The molecule has 0 aromatic heterocycles. The summed E-state index contributed by atoms with van der Waals surface area (Å²) in [4.78, 5) is 24.9. The van der Waals surface area contributed by atoms with E-state index in [1.54, 1.807) is 0 Å². The first-order valence-electron chi connectivity index (χ1n) is 9.83. The summed E-state index contributed by atoms with van der Waals surface area (Å²) in [5.41, 5.74) is -0.533. The third-order valence-electron chi connectivity index (χ3n) is 5.83. The molecule has 2 aliphatic rings. The normalized spacial score (nSPS) is 18.2. The van der Waals surface area contributed by atoms with E-state index >= 15 is 0 Å². The number of hydrogen-bond donors (Lipinski definition) is 3. The van der Waals surface area contributed by atoms with E-state index in [2.05, 4.69) is 16.0 Å². The minimum Gasteiger partial charge on any atom is -0.348 e. The summed E-state index contributed by atoms with van der Waals surface area (Å²) in [5, 5.41) is 8.63. The van der Waals surface area contributed by atoms with Crippen molar-refractivity contribution in [1.29, 1.82) is 0 Å². The van der Waals surface area contributed by atoms with Crippen molar-refractivity contribution >= 4 is 17.6 Å². The number of alkyl halides is 3. The molecule has 158 valence electrons. The van der Waals surface area contributed by atoms with Crippen molar-refractivity contribution in [3.05, 3.63) is 65.7 Å². The Kier molecular flexibility index (Phi) is 4.95. The zero-order valence-corrected chi connectivity index (χ0v) is 16.2. The molecule has 4 rings (SSSR count). The van der Waals surface area contributed by atoms with Crippen LogP contribution < -0.4 is 16.0 Å². The van der Waals surface area contributed by atoms with Crippen LogP contribution in [-0.4, -0.2) is 23.0 Å². The molecule has 0 unspecified atom stereocenters. The van der Waals surface area contributed by atoms with Gasteiger partial charge < -0.3 is 16.0 Å². The van der Waals surface area contributed by atoms with E-state index in [0.29, 0.717) is 0 Å². The fourth-order valence-electron chi connectivity index (χ4n) is 3.91. The molecule has 0 heterocycles. The van der Waals surface area contributed by atoms with E-state index in [-0.39, 0.29) is 18.0 Å². The van der Waals surface area contributed by atoms with Gasteiger partial charge in [0.15, 0.2) is 0 Å². The number of rotatable bonds is 6. The van der Waals surface area contributed by atoms with Crippen LogP contribution >= 0.6 is 0 Å². The fraction of sp³-hybridized carbons (Fsp3) is 0.364. The maximum absolute atomic E-state index is 12.7. The van der Waals surface area contributed by atoms with Gasteiger partial charge >= 0.3 is 12.2 Å². The standard InChI is InChI=1S/C22H22F3N3O2/c23-22(24,25)16-6-8-17(9-7-16)26-19(30)28-21(12-13-21)20(10-11-20)27-18(29)14-15-4-2-1-3-5-15/h1-9H,10-14H2,(H,27,29)(H2,26,28,30). The molecular weight excluding hydrogens is 395 g/mol. The molecule has 0 bridgehead atoms. The second kappa shape index (κ2) is 7.34. The number of halogens is 3. The lowest BCUT2D eigenvalue weighted by Crippen LogP contribution is -2.57. The first-order chi connectivity index (χ1) is 14.2. The summed E-state index contributed by atoms with van der Waals surface area (Å²) >= 11 is 0. The topological polar surface area (TPSA) is 70.2 Å². The van der Waals surface area contributed by atoms with E-state index in [4.69, 9.17) is 0 Å². The monoisotopic (exact) mass is 417 g/mol. The van der Waals surface area contributed by atoms with E-state index in [0.717, 1.165) is 43.4 Å². The van der Waals surface area contributed by atoms with Crippen LogP contribution in [0.1, 0.15) is 36.8 Å². The van der Waals surface area contributed by atoms with E-state index in [9.17, 15) is 22.8 Å². The Balaban J connectivity index is 1.35. The molecule has 3 amide bonds. The predicted molar refractivity (Wildman–Crippen MR) is 106 cm³/mol. The van der Waals surface area contributed by atoms with Crippen molar-refractivity contribution in [2.45, 2.75) is 49.4 Å². The Labute approximate surface area is 172 Å². The Hall–Kier alpha value is -3.03. The summed E-state index contributed by atoms with van der Waals surface area (Å²) in [7, 11) is 0. The van der Waals surface area contributed by atoms with Gasteiger partial charge in [-0.2, -0.15) is 13.2 Å². The van der Waals surface area contributed by atoms with Crippen molar-refractivity contribution < 1.29 is 22.8 Å². The molecule has 2 fully saturated rings. The quantitative estimate of drug-likeness (QED) is 0.658. The highest BCUT2D eigenvalue weighted by molar-refractivity contribution is 5.90. The van der Waals surface area contributed by atoms with Gasteiger partial charge in [-0.05, 0) is 55.5 Å². The second-order valence-electron chi connectivity index (χ2n) is 8.03. The number of hydrogen-bond acceptors (Lipinski definition) is 2. The van der Waals surface area contributed by atoms with Gasteiger partial charge in [-0.3, -0.25) is 4.79 Å². The van der Waals surface area contributed by atoms with Gasteiger partial charge in [0.25, 0.3) is 0 Å². The lowest BCUT2D eigenvalue weighted by Gasteiger charge is -2.29. The van der Waals surface area contributed by atoms with Crippen LogP contribution in [0.3, 0.4) is 0 Å². The largest absolute Gasteiger partial charge is 0.416 e.